The van der Waals surface area contributed by atoms with Crippen LogP contribution in [0.5, 0.6) is 0 Å². The quantitative estimate of drug-likeness (QED) is 0.893. The Hall–Kier alpha value is -1.56. The molecule has 128 valence electrons. The Morgan fingerprint density at radius 2 is 1.87 bits per heavy atom. The molecule has 0 aliphatic heterocycles. The number of nitrogens with zero attached hydrogens (tertiary/aromatic N) is 3. The summed E-state index contributed by atoms with van der Waals surface area (Å²) in [6.45, 7) is 5.29. The maximum Gasteiger partial charge on any atom is 0.253 e. The van der Waals surface area contributed by atoms with Crippen molar-refractivity contribution in [2.75, 3.05) is 20.1 Å². The van der Waals surface area contributed by atoms with Crippen LogP contribution in [-0.4, -0.2) is 40.5 Å². The van der Waals surface area contributed by atoms with E-state index in [0.717, 1.165) is 5.69 Å². The van der Waals surface area contributed by atoms with Gasteiger partial charge in [0.25, 0.3) is 5.91 Å². The van der Waals surface area contributed by atoms with Crippen LogP contribution in [-0.2, 0) is 0 Å². The van der Waals surface area contributed by atoms with Crippen LogP contribution in [0.1, 0.15) is 24.2 Å². The van der Waals surface area contributed by atoms with Gasteiger partial charge in [0.2, 0.25) is 0 Å². The highest BCUT2D eigenvalue weighted by Crippen LogP contribution is 2.16. The molecule has 0 atom stereocenters. The zero-order valence-electron chi connectivity index (χ0n) is 13.6. The van der Waals surface area contributed by atoms with Gasteiger partial charge < -0.3 is 15.2 Å². The van der Waals surface area contributed by atoms with Crippen molar-refractivity contribution >= 4 is 30.7 Å². The number of hydrogen-bond acceptors (Lipinski definition) is 3. The van der Waals surface area contributed by atoms with Crippen LogP contribution in [0.4, 0.5) is 0 Å². The molecule has 2 rings (SSSR count). The maximum absolute atomic E-state index is 12.4. The largest absolute Gasteiger partial charge is 0.341 e. The van der Waals surface area contributed by atoms with Gasteiger partial charge in [0.1, 0.15) is 0 Å². The number of amides is 1. The molecular formula is C16H24Cl2N4O. The molecule has 0 unspecified atom stereocenters. The van der Waals surface area contributed by atoms with Crippen molar-refractivity contribution in [2.24, 2.45) is 11.1 Å². The second-order valence-corrected chi connectivity index (χ2v) is 6.05. The molecule has 1 amide bonds. The summed E-state index contributed by atoms with van der Waals surface area (Å²) in [5.74, 6) is 0.00806. The van der Waals surface area contributed by atoms with Crippen molar-refractivity contribution < 1.29 is 4.79 Å². The van der Waals surface area contributed by atoms with Crippen LogP contribution < -0.4 is 5.73 Å². The third-order valence-electron chi connectivity index (χ3n) is 3.48. The van der Waals surface area contributed by atoms with Gasteiger partial charge in [-0.15, -0.1) is 24.8 Å². The van der Waals surface area contributed by atoms with Gasteiger partial charge in [0.15, 0.2) is 0 Å². The van der Waals surface area contributed by atoms with E-state index < -0.39 is 0 Å². The van der Waals surface area contributed by atoms with E-state index in [1.54, 1.807) is 17.4 Å². The Balaban J connectivity index is 0.00000242. The first-order valence-corrected chi connectivity index (χ1v) is 6.97. The molecule has 2 aromatic rings. The predicted octanol–water partition coefficient (Wildman–Crippen LogP) is 2.77. The lowest BCUT2D eigenvalue weighted by Crippen LogP contribution is -2.39. The van der Waals surface area contributed by atoms with Crippen molar-refractivity contribution in [2.45, 2.75) is 13.8 Å². The number of benzene rings is 1. The molecule has 2 N–H and O–H groups in total. The highest BCUT2D eigenvalue weighted by molar-refractivity contribution is 5.94. The Morgan fingerprint density at radius 1 is 1.26 bits per heavy atom. The van der Waals surface area contributed by atoms with Gasteiger partial charge in [0, 0.05) is 37.2 Å². The zero-order chi connectivity index (χ0) is 15.5. The number of hydrogen-bond donors (Lipinski definition) is 1. The van der Waals surface area contributed by atoms with Crippen molar-refractivity contribution in [1.29, 1.82) is 0 Å². The molecule has 0 saturated heterocycles. The first-order chi connectivity index (χ1) is 9.93. The summed E-state index contributed by atoms with van der Waals surface area (Å²) in [5, 5.41) is 0. The number of nitrogens with two attached hydrogens (primary N) is 1. The first kappa shape index (κ1) is 21.4. The summed E-state index contributed by atoms with van der Waals surface area (Å²) in [7, 11) is 1.81. The molecule has 0 fully saturated rings. The summed E-state index contributed by atoms with van der Waals surface area (Å²) < 4.78 is 1.90. The molecule has 0 radical (unpaired) electrons. The second-order valence-electron chi connectivity index (χ2n) is 6.05. The lowest BCUT2D eigenvalue weighted by molar-refractivity contribution is 0.0740. The molecule has 5 nitrogen and oxygen atoms in total. The van der Waals surface area contributed by atoms with E-state index in [9.17, 15) is 4.79 Å². The Morgan fingerprint density at radius 3 is 2.35 bits per heavy atom. The summed E-state index contributed by atoms with van der Waals surface area (Å²) >= 11 is 0. The molecule has 1 heterocycles. The molecule has 0 spiro atoms. The van der Waals surface area contributed by atoms with Gasteiger partial charge in [-0.25, -0.2) is 4.98 Å². The highest BCUT2D eigenvalue weighted by Gasteiger charge is 2.21. The van der Waals surface area contributed by atoms with Crippen LogP contribution in [0.15, 0.2) is 43.0 Å². The molecule has 23 heavy (non-hydrogen) atoms. The van der Waals surface area contributed by atoms with E-state index >= 15 is 0 Å². The third-order valence-corrected chi connectivity index (χ3v) is 3.48. The number of aromatic nitrogens is 2. The average molecular weight is 359 g/mol. The van der Waals surface area contributed by atoms with Crippen molar-refractivity contribution in [3.05, 3.63) is 48.5 Å². The van der Waals surface area contributed by atoms with Crippen LogP contribution >= 0.6 is 24.8 Å². The number of carbonyl (C=O) groups excluding carboxylic acids is 1. The minimum atomic E-state index is -0.0822. The van der Waals surface area contributed by atoms with Gasteiger partial charge in [0.05, 0.1) is 6.33 Å². The van der Waals surface area contributed by atoms with E-state index in [1.807, 2.05) is 42.1 Å². The molecule has 0 bridgehead atoms. The minimum Gasteiger partial charge on any atom is -0.341 e. The lowest BCUT2D eigenvalue weighted by Gasteiger charge is -2.29. The van der Waals surface area contributed by atoms with E-state index in [4.69, 9.17) is 5.73 Å². The third kappa shape index (κ3) is 5.53. The summed E-state index contributed by atoms with van der Waals surface area (Å²) in [6, 6.07) is 7.50. The van der Waals surface area contributed by atoms with Crippen LogP contribution in [0, 0.1) is 5.41 Å². The number of carbonyl (C=O) groups is 1. The zero-order valence-corrected chi connectivity index (χ0v) is 15.2. The number of imidazole rings is 1. The molecule has 0 saturated carbocycles. The maximum atomic E-state index is 12.4. The fourth-order valence-electron chi connectivity index (χ4n) is 2.19. The van der Waals surface area contributed by atoms with Crippen molar-refractivity contribution in [3.8, 4) is 5.69 Å². The van der Waals surface area contributed by atoms with E-state index in [-0.39, 0.29) is 36.1 Å². The van der Waals surface area contributed by atoms with E-state index in [1.165, 1.54) is 0 Å². The Bertz CT molecular complexity index is 597. The molecule has 0 aliphatic rings. The standard InChI is InChI=1S/C16H22N4O.2ClH/c1-16(2,10-17)11-19(3)15(21)13-4-6-14(7-5-13)20-9-8-18-12-20;;/h4-9,12H,10-11,17H2,1-3H3;2*1H. The minimum absolute atomic E-state index is 0. The molecule has 7 heteroatoms. The fourth-order valence-corrected chi connectivity index (χ4v) is 2.19. The van der Waals surface area contributed by atoms with Crippen molar-refractivity contribution in [3.63, 3.8) is 0 Å². The van der Waals surface area contributed by atoms with Crippen molar-refractivity contribution in [1.82, 2.24) is 14.5 Å². The Labute approximate surface area is 149 Å². The molecule has 0 aliphatic carbocycles. The van der Waals surface area contributed by atoms with E-state index in [0.29, 0.717) is 18.7 Å². The Kier molecular flexibility index (Phi) is 8.31. The van der Waals surface area contributed by atoms with Gasteiger partial charge in [-0.3, -0.25) is 4.79 Å². The number of halogens is 2. The fraction of sp³-hybridized carbons (Fsp3) is 0.375. The van der Waals surface area contributed by atoms with Crippen LogP contribution in [0.3, 0.4) is 0 Å². The normalized spacial score (nSPS) is 10.4. The predicted molar refractivity (Wildman–Crippen MR) is 97.9 cm³/mol. The number of rotatable bonds is 5. The smallest absolute Gasteiger partial charge is 0.253 e. The lowest BCUT2D eigenvalue weighted by atomic mass is 9.93. The monoisotopic (exact) mass is 358 g/mol. The van der Waals surface area contributed by atoms with Crippen LogP contribution in [0.2, 0.25) is 0 Å². The van der Waals surface area contributed by atoms with Gasteiger partial charge >= 0.3 is 0 Å². The average Bonchev–Trinajstić information content (AvgIpc) is 3.00. The molecule has 1 aromatic heterocycles. The molecule has 1 aromatic carbocycles. The van der Waals surface area contributed by atoms with Gasteiger partial charge in [-0.2, -0.15) is 0 Å². The topological polar surface area (TPSA) is 64.2 Å². The highest BCUT2D eigenvalue weighted by atomic mass is 35.5. The van der Waals surface area contributed by atoms with Gasteiger partial charge in [-0.05, 0) is 36.2 Å². The molecular weight excluding hydrogens is 335 g/mol. The SMILES string of the molecule is CN(CC(C)(C)CN)C(=O)c1ccc(-n2ccnc2)cc1.Cl.Cl. The second kappa shape index (κ2) is 8.91. The van der Waals surface area contributed by atoms with Gasteiger partial charge in [-0.1, -0.05) is 13.8 Å². The summed E-state index contributed by atoms with van der Waals surface area (Å²) in [6.07, 6.45) is 5.32. The van der Waals surface area contributed by atoms with E-state index in [2.05, 4.69) is 18.8 Å². The summed E-state index contributed by atoms with van der Waals surface area (Å²) in [4.78, 5) is 18.1. The first-order valence-electron chi connectivity index (χ1n) is 6.97. The summed E-state index contributed by atoms with van der Waals surface area (Å²) in [5.41, 5.74) is 7.29. The van der Waals surface area contributed by atoms with Crippen LogP contribution in [0.25, 0.3) is 5.69 Å².